The second kappa shape index (κ2) is 5.18. The number of fused-ring (bicyclic) bond motifs is 1. The number of aromatic nitrogens is 2. The summed E-state index contributed by atoms with van der Waals surface area (Å²) in [5.41, 5.74) is 3.07. The first-order valence-electron chi connectivity index (χ1n) is 7.17. The maximum Gasteiger partial charge on any atom is 0.267 e. The summed E-state index contributed by atoms with van der Waals surface area (Å²) in [4.78, 5) is 0.262. The van der Waals surface area contributed by atoms with Crippen LogP contribution in [-0.2, 0) is 23.0 Å². The Morgan fingerprint density at radius 3 is 2.86 bits per heavy atom. The molecule has 1 aliphatic rings. The SMILES string of the molecule is CCn1cc(S(=O)(=O)N2CCCc3cc(C)ccc32)cn1. The van der Waals surface area contributed by atoms with Crippen LogP contribution in [0, 0.1) is 6.92 Å². The Hall–Kier alpha value is -1.82. The van der Waals surface area contributed by atoms with Crippen LogP contribution in [0.1, 0.15) is 24.5 Å². The maximum atomic E-state index is 12.8. The zero-order valence-electron chi connectivity index (χ0n) is 12.3. The summed E-state index contributed by atoms with van der Waals surface area (Å²) >= 11 is 0. The van der Waals surface area contributed by atoms with E-state index in [2.05, 4.69) is 11.2 Å². The highest BCUT2D eigenvalue weighted by molar-refractivity contribution is 7.92. The van der Waals surface area contributed by atoms with Crippen molar-refractivity contribution < 1.29 is 8.42 Å². The molecule has 0 radical (unpaired) electrons. The number of hydrogen-bond donors (Lipinski definition) is 0. The molecule has 2 heterocycles. The van der Waals surface area contributed by atoms with E-state index in [1.165, 1.54) is 10.5 Å². The molecule has 6 heteroatoms. The average molecular weight is 305 g/mol. The van der Waals surface area contributed by atoms with Gasteiger partial charge in [0.1, 0.15) is 4.90 Å². The van der Waals surface area contributed by atoms with Crippen molar-refractivity contribution in [1.29, 1.82) is 0 Å². The molecule has 0 N–H and O–H groups in total. The smallest absolute Gasteiger partial charge is 0.267 e. The van der Waals surface area contributed by atoms with E-state index in [0.29, 0.717) is 13.1 Å². The molecular weight excluding hydrogens is 286 g/mol. The van der Waals surface area contributed by atoms with Crippen LogP contribution < -0.4 is 4.31 Å². The summed E-state index contributed by atoms with van der Waals surface area (Å²) in [6, 6.07) is 5.94. The van der Waals surface area contributed by atoms with Crippen molar-refractivity contribution in [3.05, 3.63) is 41.7 Å². The van der Waals surface area contributed by atoms with E-state index >= 15 is 0 Å². The molecule has 5 nitrogen and oxygen atoms in total. The monoisotopic (exact) mass is 305 g/mol. The van der Waals surface area contributed by atoms with Crippen molar-refractivity contribution in [2.24, 2.45) is 0 Å². The molecular formula is C15H19N3O2S. The Kier molecular flexibility index (Phi) is 3.49. The number of rotatable bonds is 3. The zero-order chi connectivity index (χ0) is 15.0. The molecule has 21 heavy (non-hydrogen) atoms. The highest BCUT2D eigenvalue weighted by atomic mass is 32.2. The number of aryl methyl sites for hydroxylation is 3. The highest BCUT2D eigenvalue weighted by Crippen LogP contribution is 2.32. The minimum absolute atomic E-state index is 0.262. The van der Waals surface area contributed by atoms with Crippen molar-refractivity contribution in [3.63, 3.8) is 0 Å². The van der Waals surface area contributed by atoms with E-state index in [9.17, 15) is 8.42 Å². The first-order valence-corrected chi connectivity index (χ1v) is 8.61. The van der Waals surface area contributed by atoms with Gasteiger partial charge in [0.25, 0.3) is 10.0 Å². The Labute approximate surface area is 125 Å². The van der Waals surface area contributed by atoms with Gasteiger partial charge >= 0.3 is 0 Å². The molecule has 112 valence electrons. The summed E-state index contributed by atoms with van der Waals surface area (Å²) in [7, 11) is -3.53. The number of hydrogen-bond acceptors (Lipinski definition) is 3. The van der Waals surface area contributed by atoms with E-state index in [4.69, 9.17) is 0 Å². The van der Waals surface area contributed by atoms with Gasteiger partial charge in [-0.05, 0) is 38.3 Å². The lowest BCUT2D eigenvalue weighted by atomic mass is 10.0. The predicted octanol–water partition coefficient (Wildman–Crippen LogP) is 2.35. The van der Waals surface area contributed by atoms with Gasteiger partial charge in [0, 0.05) is 19.3 Å². The van der Waals surface area contributed by atoms with Crippen LogP contribution in [-0.4, -0.2) is 24.7 Å². The second-order valence-corrected chi connectivity index (χ2v) is 7.21. The van der Waals surface area contributed by atoms with Gasteiger partial charge in [0.2, 0.25) is 0 Å². The van der Waals surface area contributed by atoms with Gasteiger partial charge in [0.15, 0.2) is 0 Å². The van der Waals surface area contributed by atoms with Crippen molar-refractivity contribution in [2.45, 2.75) is 38.1 Å². The Morgan fingerprint density at radius 2 is 2.14 bits per heavy atom. The van der Waals surface area contributed by atoms with Crippen LogP contribution in [0.2, 0.25) is 0 Å². The predicted molar refractivity (Wildman–Crippen MR) is 81.9 cm³/mol. The molecule has 0 saturated heterocycles. The van der Waals surface area contributed by atoms with Crippen LogP contribution in [0.25, 0.3) is 0 Å². The molecule has 3 rings (SSSR count). The van der Waals surface area contributed by atoms with Gasteiger partial charge in [-0.3, -0.25) is 8.99 Å². The Balaban J connectivity index is 2.05. The van der Waals surface area contributed by atoms with E-state index in [1.54, 1.807) is 10.9 Å². The van der Waals surface area contributed by atoms with E-state index in [0.717, 1.165) is 29.7 Å². The van der Waals surface area contributed by atoms with E-state index in [-0.39, 0.29) is 4.90 Å². The third-order valence-electron chi connectivity index (χ3n) is 3.83. The van der Waals surface area contributed by atoms with Crippen LogP contribution in [0.5, 0.6) is 0 Å². The number of benzene rings is 1. The lowest BCUT2D eigenvalue weighted by Gasteiger charge is -2.30. The van der Waals surface area contributed by atoms with Gasteiger partial charge in [-0.1, -0.05) is 17.7 Å². The van der Waals surface area contributed by atoms with Gasteiger partial charge < -0.3 is 0 Å². The molecule has 0 atom stereocenters. The lowest BCUT2D eigenvalue weighted by molar-refractivity contribution is 0.586. The van der Waals surface area contributed by atoms with Gasteiger partial charge in [0.05, 0.1) is 11.9 Å². The third kappa shape index (κ3) is 2.44. The molecule has 0 unspecified atom stereocenters. The van der Waals surface area contributed by atoms with Crippen molar-refractivity contribution in [2.75, 3.05) is 10.8 Å². The van der Waals surface area contributed by atoms with Crippen molar-refractivity contribution in [1.82, 2.24) is 9.78 Å². The summed E-state index contributed by atoms with van der Waals surface area (Å²) in [6.45, 7) is 5.14. The van der Waals surface area contributed by atoms with Crippen molar-refractivity contribution >= 4 is 15.7 Å². The summed E-state index contributed by atoms with van der Waals surface area (Å²) < 4.78 is 28.8. The lowest BCUT2D eigenvalue weighted by Crippen LogP contribution is -2.35. The number of anilines is 1. The molecule has 2 aromatic rings. The highest BCUT2D eigenvalue weighted by Gasteiger charge is 2.30. The van der Waals surface area contributed by atoms with Crippen LogP contribution in [0.4, 0.5) is 5.69 Å². The summed E-state index contributed by atoms with van der Waals surface area (Å²) in [6.07, 6.45) is 4.80. The zero-order valence-corrected chi connectivity index (χ0v) is 13.1. The minimum Gasteiger partial charge on any atom is -0.272 e. The first kappa shape index (κ1) is 14.1. The first-order chi connectivity index (χ1) is 10.0. The third-order valence-corrected chi connectivity index (χ3v) is 5.60. The second-order valence-electron chi connectivity index (χ2n) is 5.34. The fourth-order valence-electron chi connectivity index (χ4n) is 2.72. The molecule has 0 fully saturated rings. The molecule has 0 aliphatic carbocycles. The average Bonchev–Trinajstić information content (AvgIpc) is 2.96. The molecule has 1 aromatic heterocycles. The normalized spacial score (nSPS) is 15.0. The maximum absolute atomic E-state index is 12.8. The van der Waals surface area contributed by atoms with E-state index < -0.39 is 10.0 Å². The van der Waals surface area contributed by atoms with E-state index in [1.807, 2.05) is 26.0 Å². The summed E-state index contributed by atoms with van der Waals surface area (Å²) in [5.74, 6) is 0. The Bertz CT molecular complexity index is 765. The quantitative estimate of drug-likeness (QED) is 0.874. The van der Waals surface area contributed by atoms with Gasteiger partial charge in [-0.2, -0.15) is 5.10 Å². The topological polar surface area (TPSA) is 55.2 Å². The molecule has 1 aromatic carbocycles. The molecule has 0 bridgehead atoms. The largest absolute Gasteiger partial charge is 0.272 e. The fourth-order valence-corrected chi connectivity index (χ4v) is 4.22. The van der Waals surface area contributed by atoms with Crippen molar-refractivity contribution in [3.8, 4) is 0 Å². The van der Waals surface area contributed by atoms with Crippen LogP contribution in [0.3, 0.4) is 0 Å². The molecule has 0 amide bonds. The molecule has 0 spiro atoms. The number of nitrogens with zero attached hydrogens (tertiary/aromatic N) is 3. The number of sulfonamides is 1. The minimum atomic E-state index is -3.53. The van der Waals surface area contributed by atoms with Crippen LogP contribution >= 0.6 is 0 Å². The van der Waals surface area contributed by atoms with Gasteiger partial charge in [-0.25, -0.2) is 8.42 Å². The standard InChI is InChI=1S/C15H19N3O2S/c1-3-17-11-14(10-16-17)21(19,20)18-8-4-5-13-9-12(2)6-7-15(13)18/h6-7,9-11H,3-5,8H2,1-2H3. The fraction of sp³-hybridized carbons (Fsp3) is 0.400. The summed E-state index contributed by atoms with van der Waals surface area (Å²) in [5, 5.41) is 4.08. The Morgan fingerprint density at radius 1 is 1.33 bits per heavy atom. The van der Waals surface area contributed by atoms with Gasteiger partial charge in [-0.15, -0.1) is 0 Å². The van der Waals surface area contributed by atoms with Crippen LogP contribution in [0.15, 0.2) is 35.5 Å². The molecule has 1 aliphatic heterocycles. The molecule has 0 saturated carbocycles.